The minimum Gasteiger partial charge on any atom is -0.310 e. The number of nitrogens with one attached hydrogen (secondary N) is 1. The SMILES string of the molecule is FC(F)(F)c1ccc(-c2ccc3c(c2)C2CC3CCCN2)cc1. The summed E-state index contributed by atoms with van der Waals surface area (Å²) in [5.74, 6) is 0.631. The van der Waals surface area contributed by atoms with Gasteiger partial charge in [0.25, 0.3) is 0 Å². The molecule has 4 heteroatoms. The highest BCUT2D eigenvalue weighted by atomic mass is 19.4. The second-order valence-corrected chi connectivity index (χ2v) is 6.50. The zero-order valence-electron chi connectivity index (χ0n) is 12.7. The van der Waals surface area contributed by atoms with Gasteiger partial charge in [0.05, 0.1) is 5.56 Å². The van der Waals surface area contributed by atoms with Crippen molar-refractivity contribution in [1.29, 1.82) is 0 Å². The molecule has 2 atom stereocenters. The molecule has 1 aliphatic carbocycles. The molecular weight excluding hydrogens is 299 g/mol. The maximum atomic E-state index is 12.7. The number of fused-ring (bicyclic) bond motifs is 5. The molecule has 4 rings (SSSR count). The minimum absolute atomic E-state index is 0.395. The van der Waals surface area contributed by atoms with Crippen LogP contribution in [0.25, 0.3) is 11.1 Å². The summed E-state index contributed by atoms with van der Waals surface area (Å²) in [5.41, 5.74) is 3.96. The highest BCUT2D eigenvalue weighted by Gasteiger charge is 2.33. The first-order valence-electron chi connectivity index (χ1n) is 8.07. The Morgan fingerprint density at radius 2 is 1.65 bits per heavy atom. The average Bonchev–Trinajstić information content (AvgIpc) is 2.71. The Labute approximate surface area is 133 Å². The standard InChI is InChI=1S/C19H18F3N/c20-19(21,22)15-6-3-12(4-7-15)13-5-8-16-14-2-1-9-23-18(11-14)17(16)10-13/h3-8,10,14,18,23H,1-2,9,11H2. The van der Waals surface area contributed by atoms with Gasteiger partial charge in [0.2, 0.25) is 0 Å². The molecule has 2 bridgehead atoms. The predicted octanol–water partition coefficient (Wildman–Crippen LogP) is 5.28. The van der Waals surface area contributed by atoms with Crippen LogP contribution in [-0.2, 0) is 6.18 Å². The molecule has 1 N–H and O–H groups in total. The molecule has 1 heterocycles. The van der Waals surface area contributed by atoms with Gasteiger partial charge in [-0.3, -0.25) is 0 Å². The van der Waals surface area contributed by atoms with Crippen molar-refractivity contribution in [2.75, 3.05) is 6.54 Å². The molecule has 2 unspecified atom stereocenters. The number of benzene rings is 2. The first-order valence-corrected chi connectivity index (χ1v) is 8.07. The van der Waals surface area contributed by atoms with E-state index in [1.54, 1.807) is 12.1 Å². The fraction of sp³-hybridized carbons (Fsp3) is 0.368. The monoisotopic (exact) mass is 317 g/mol. The minimum atomic E-state index is -4.28. The van der Waals surface area contributed by atoms with Gasteiger partial charge in [-0.1, -0.05) is 24.3 Å². The summed E-state index contributed by atoms with van der Waals surface area (Å²) < 4.78 is 38.0. The van der Waals surface area contributed by atoms with Gasteiger partial charge >= 0.3 is 6.18 Å². The predicted molar refractivity (Wildman–Crippen MR) is 84.2 cm³/mol. The Bertz CT molecular complexity index is 718. The molecule has 1 saturated heterocycles. The summed E-state index contributed by atoms with van der Waals surface area (Å²) in [6.07, 6.45) is -0.709. The number of alkyl halides is 3. The van der Waals surface area contributed by atoms with E-state index in [0.717, 1.165) is 36.2 Å². The second kappa shape index (κ2) is 5.38. The van der Waals surface area contributed by atoms with Crippen LogP contribution in [0.2, 0.25) is 0 Å². The lowest BCUT2D eigenvalue weighted by Crippen LogP contribution is -2.19. The lowest BCUT2D eigenvalue weighted by Gasteiger charge is -2.16. The third-order valence-corrected chi connectivity index (χ3v) is 5.09. The van der Waals surface area contributed by atoms with Crippen LogP contribution in [0.3, 0.4) is 0 Å². The Balaban J connectivity index is 1.69. The summed E-state index contributed by atoms with van der Waals surface area (Å²) in [4.78, 5) is 0. The zero-order chi connectivity index (χ0) is 16.0. The number of hydrogen-bond acceptors (Lipinski definition) is 1. The van der Waals surface area contributed by atoms with E-state index in [0.29, 0.717) is 12.0 Å². The zero-order valence-corrected chi connectivity index (χ0v) is 12.7. The van der Waals surface area contributed by atoms with Gasteiger partial charge in [-0.05, 0) is 72.2 Å². The van der Waals surface area contributed by atoms with Gasteiger partial charge in [0.15, 0.2) is 0 Å². The molecule has 1 fully saturated rings. The van der Waals surface area contributed by atoms with Crippen LogP contribution in [0.15, 0.2) is 42.5 Å². The van der Waals surface area contributed by atoms with Crippen molar-refractivity contribution in [2.45, 2.75) is 37.4 Å². The molecule has 1 aliphatic heterocycles. The molecule has 0 spiro atoms. The molecule has 1 nitrogen and oxygen atoms in total. The van der Waals surface area contributed by atoms with Crippen molar-refractivity contribution in [3.05, 3.63) is 59.2 Å². The first kappa shape index (κ1) is 14.8. The summed E-state index contributed by atoms with van der Waals surface area (Å²) in [7, 11) is 0. The highest BCUT2D eigenvalue weighted by Crippen LogP contribution is 2.45. The Kier molecular flexibility index (Phi) is 3.45. The van der Waals surface area contributed by atoms with Crippen LogP contribution in [0.5, 0.6) is 0 Å². The van der Waals surface area contributed by atoms with E-state index in [1.165, 1.54) is 24.0 Å². The molecule has 2 aliphatic rings. The van der Waals surface area contributed by atoms with Gasteiger partial charge in [0.1, 0.15) is 0 Å². The molecule has 120 valence electrons. The van der Waals surface area contributed by atoms with Gasteiger partial charge in [-0.2, -0.15) is 13.2 Å². The topological polar surface area (TPSA) is 12.0 Å². The molecule has 0 aromatic heterocycles. The van der Waals surface area contributed by atoms with Crippen LogP contribution in [-0.4, -0.2) is 6.54 Å². The molecule has 0 radical (unpaired) electrons. The van der Waals surface area contributed by atoms with Crippen molar-refractivity contribution < 1.29 is 13.2 Å². The van der Waals surface area contributed by atoms with Crippen molar-refractivity contribution in [3.63, 3.8) is 0 Å². The highest BCUT2D eigenvalue weighted by molar-refractivity contribution is 5.66. The summed E-state index contributed by atoms with van der Waals surface area (Å²) in [5, 5.41) is 3.59. The first-order chi connectivity index (χ1) is 11.0. The molecular formula is C19H18F3N. The van der Waals surface area contributed by atoms with E-state index >= 15 is 0 Å². The van der Waals surface area contributed by atoms with E-state index in [4.69, 9.17) is 0 Å². The van der Waals surface area contributed by atoms with Crippen molar-refractivity contribution in [2.24, 2.45) is 0 Å². The van der Waals surface area contributed by atoms with Gasteiger partial charge in [-0.15, -0.1) is 0 Å². The van der Waals surface area contributed by atoms with Crippen molar-refractivity contribution in [3.8, 4) is 11.1 Å². The van der Waals surface area contributed by atoms with Crippen LogP contribution < -0.4 is 5.32 Å². The second-order valence-electron chi connectivity index (χ2n) is 6.50. The quantitative estimate of drug-likeness (QED) is 0.754. The van der Waals surface area contributed by atoms with E-state index in [9.17, 15) is 13.2 Å². The molecule has 2 aromatic rings. The Hall–Kier alpha value is -1.81. The lowest BCUT2D eigenvalue weighted by molar-refractivity contribution is -0.137. The fourth-order valence-electron chi connectivity index (χ4n) is 3.91. The summed E-state index contributed by atoms with van der Waals surface area (Å²) in [6, 6.07) is 12.2. The van der Waals surface area contributed by atoms with E-state index in [1.807, 2.05) is 6.07 Å². The Morgan fingerprint density at radius 1 is 0.913 bits per heavy atom. The third-order valence-electron chi connectivity index (χ3n) is 5.09. The third kappa shape index (κ3) is 2.65. The number of rotatable bonds is 1. The van der Waals surface area contributed by atoms with Crippen LogP contribution in [0.1, 0.15) is 47.9 Å². The summed E-state index contributed by atoms with van der Waals surface area (Å²) >= 11 is 0. The molecule has 0 saturated carbocycles. The van der Waals surface area contributed by atoms with E-state index in [2.05, 4.69) is 17.4 Å². The van der Waals surface area contributed by atoms with Crippen molar-refractivity contribution in [1.82, 2.24) is 5.32 Å². The number of halogens is 3. The fourth-order valence-corrected chi connectivity index (χ4v) is 3.91. The van der Waals surface area contributed by atoms with Crippen LogP contribution in [0, 0.1) is 0 Å². The summed E-state index contributed by atoms with van der Waals surface area (Å²) in [6.45, 7) is 1.05. The van der Waals surface area contributed by atoms with Gasteiger partial charge in [-0.25, -0.2) is 0 Å². The van der Waals surface area contributed by atoms with Crippen LogP contribution in [0.4, 0.5) is 13.2 Å². The molecule has 23 heavy (non-hydrogen) atoms. The van der Waals surface area contributed by atoms with Gasteiger partial charge in [0, 0.05) is 6.04 Å². The maximum absolute atomic E-state index is 12.7. The average molecular weight is 317 g/mol. The van der Waals surface area contributed by atoms with E-state index in [-0.39, 0.29) is 0 Å². The molecule has 0 amide bonds. The van der Waals surface area contributed by atoms with Crippen molar-refractivity contribution >= 4 is 0 Å². The molecule has 2 aromatic carbocycles. The smallest absolute Gasteiger partial charge is 0.310 e. The normalized spacial score (nSPS) is 23.4. The van der Waals surface area contributed by atoms with E-state index < -0.39 is 11.7 Å². The maximum Gasteiger partial charge on any atom is 0.416 e. The Morgan fingerprint density at radius 3 is 2.39 bits per heavy atom. The largest absolute Gasteiger partial charge is 0.416 e. The van der Waals surface area contributed by atoms with Crippen LogP contribution >= 0.6 is 0 Å². The van der Waals surface area contributed by atoms with Gasteiger partial charge < -0.3 is 5.32 Å². The number of hydrogen-bond donors (Lipinski definition) is 1. The lowest BCUT2D eigenvalue weighted by atomic mass is 9.93.